The molecule has 0 bridgehead atoms. The highest BCUT2D eigenvalue weighted by atomic mass is 16.7. The van der Waals surface area contributed by atoms with Gasteiger partial charge in [-0.3, -0.25) is 4.79 Å². The Morgan fingerprint density at radius 1 is 1.00 bits per heavy atom. The molecule has 1 atom stereocenters. The van der Waals surface area contributed by atoms with Crippen LogP contribution < -0.4 is 0 Å². The molecular formula is C15H30O3. The molecule has 0 rings (SSSR count). The molecule has 0 aliphatic heterocycles. The Morgan fingerprint density at radius 3 is 1.83 bits per heavy atom. The second-order valence-corrected chi connectivity index (χ2v) is 7.36. The van der Waals surface area contributed by atoms with Gasteiger partial charge in [-0.25, -0.2) is 0 Å². The zero-order valence-electron chi connectivity index (χ0n) is 13.3. The molecule has 0 aromatic heterocycles. The van der Waals surface area contributed by atoms with Gasteiger partial charge in [-0.1, -0.05) is 41.5 Å². The van der Waals surface area contributed by atoms with Crippen molar-refractivity contribution in [2.75, 3.05) is 13.4 Å². The summed E-state index contributed by atoms with van der Waals surface area (Å²) in [5.74, 6) is -0.168. The number of hydrogen-bond donors (Lipinski definition) is 0. The van der Waals surface area contributed by atoms with E-state index in [1.807, 2.05) is 13.8 Å². The quantitative estimate of drug-likeness (QED) is 0.424. The van der Waals surface area contributed by atoms with Gasteiger partial charge in [0.05, 0.1) is 5.41 Å². The van der Waals surface area contributed by atoms with Crippen molar-refractivity contribution < 1.29 is 14.3 Å². The molecule has 1 unspecified atom stereocenters. The topological polar surface area (TPSA) is 35.5 Å². The molecule has 0 amide bonds. The van der Waals surface area contributed by atoms with Crippen LogP contribution >= 0.6 is 0 Å². The lowest BCUT2D eigenvalue weighted by molar-refractivity contribution is -0.176. The minimum absolute atomic E-state index is 0.0468. The molecule has 0 saturated heterocycles. The zero-order valence-corrected chi connectivity index (χ0v) is 13.3. The maximum atomic E-state index is 12.4. The van der Waals surface area contributed by atoms with Gasteiger partial charge in [0.25, 0.3) is 0 Å². The molecule has 3 nitrogen and oxygen atoms in total. The second-order valence-electron chi connectivity index (χ2n) is 7.36. The number of esters is 1. The second kappa shape index (κ2) is 6.05. The Balaban J connectivity index is 4.94. The van der Waals surface area contributed by atoms with Crippen LogP contribution in [0.5, 0.6) is 0 Å². The van der Waals surface area contributed by atoms with Gasteiger partial charge in [-0.15, -0.1) is 0 Å². The first-order valence-electron chi connectivity index (χ1n) is 6.69. The number of carbonyl (C=O) groups excluding carboxylic acids is 1. The fourth-order valence-electron chi connectivity index (χ4n) is 2.04. The van der Waals surface area contributed by atoms with Crippen LogP contribution in [0.2, 0.25) is 0 Å². The fourth-order valence-corrected chi connectivity index (χ4v) is 2.04. The lowest BCUT2D eigenvalue weighted by atomic mass is 9.61. The van der Waals surface area contributed by atoms with Gasteiger partial charge in [-0.05, 0) is 31.1 Å². The first kappa shape index (κ1) is 17.4. The van der Waals surface area contributed by atoms with Crippen LogP contribution in [0.3, 0.4) is 0 Å². The van der Waals surface area contributed by atoms with Gasteiger partial charge >= 0.3 is 5.97 Å². The first-order chi connectivity index (χ1) is 7.94. The third-order valence-electron chi connectivity index (χ3n) is 3.47. The molecule has 0 aromatic rings. The SMILES string of the molecule is CCOCOC(=O)C(C)(CC(C)(C)C)C(C)(C)C. The van der Waals surface area contributed by atoms with Crippen molar-refractivity contribution in [3.63, 3.8) is 0 Å². The van der Waals surface area contributed by atoms with E-state index in [0.29, 0.717) is 6.61 Å². The minimum Gasteiger partial charge on any atom is -0.438 e. The number of rotatable bonds is 5. The summed E-state index contributed by atoms with van der Waals surface area (Å²) in [5.41, 5.74) is -0.585. The average molecular weight is 258 g/mol. The smallest absolute Gasteiger partial charge is 0.314 e. The number of carbonyl (C=O) groups is 1. The average Bonchev–Trinajstić information content (AvgIpc) is 2.13. The number of hydrogen-bond acceptors (Lipinski definition) is 3. The molecule has 0 fully saturated rings. The van der Waals surface area contributed by atoms with E-state index >= 15 is 0 Å². The van der Waals surface area contributed by atoms with Crippen LogP contribution in [0.1, 0.15) is 61.8 Å². The summed E-state index contributed by atoms with van der Waals surface area (Å²) >= 11 is 0. The highest BCUT2D eigenvalue weighted by Crippen LogP contribution is 2.47. The highest BCUT2D eigenvalue weighted by molar-refractivity contribution is 5.77. The van der Waals surface area contributed by atoms with E-state index < -0.39 is 5.41 Å². The molecule has 3 heteroatoms. The lowest BCUT2D eigenvalue weighted by Crippen LogP contribution is -2.44. The monoisotopic (exact) mass is 258 g/mol. The lowest BCUT2D eigenvalue weighted by Gasteiger charge is -2.43. The molecule has 0 spiro atoms. The van der Waals surface area contributed by atoms with Crippen molar-refractivity contribution in [2.45, 2.75) is 61.8 Å². The molecule has 0 aliphatic rings. The van der Waals surface area contributed by atoms with E-state index in [0.717, 1.165) is 6.42 Å². The Morgan fingerprint density at radius 2 is 1.50 bits per heavy atom. The van der Waals surface area contributed by atoms with E-state index in [1.165, 1.54) is 0 Å². The normalized spacial score (nSPS) is 16.2. The van der Waals surface area contributed by atoms with Crippen molar-refractivity contribution in [2.24, 2.45) is 16.2 Å². The fraction of sp³-hybridized carbons (Fsp3) is 0.933. The zero-order chi connectivity index (χ0) is 14.6. The third-order valence-corrected chi connectivity index (χ3v) is 3.47. The predicted molar refractivity (Wildman–Crippen MR) is 74.2 cm³/mol. The van der Waals surface area contributed by atoms with Gasteiger partial charge in [0, 0.05) is 6.61 Å². The van der Waals surface area contributed by atoms with Crippen LogP contribution in [0, 0.1) is 16.2 Å². The predicted octanol–water partition coefficient (Wildman–Crippen LogP) is 4.01. The van der Waals surface area contributed by atoms with Gasteiger partial charge in [-0.2, -0.15) is 0 Å². The Kier molecular flexibility index (Phi) is 5.86. The van der Waals surface area contributed by atoms with Crippen molar-refractivity contribution >= 4 is 5.97 Å². The van der Waals surface area contributed by atoms with E-state index in [-0.39, 0.29) is 23.6 Å². The van der Waals surface area contributed by atoms with E-state index in [2.05, 4.69) is 41.5 Å². The van der Waals surface area contributed by atoms with Crippen LogP contribution in [0.15, 0.2) is 0 Å². The molecule has 0 N–H and O–H groups in total. The van der Waals surface area contributed by atoms with Crippen molar-refractivity contribution in [3.05, 3.63) is 0 Å². The minimum atomic E-state index is -0.512. The van der Waals surface area contributed by atoms with Gasteiger partial charge in [0.1, 0.15) is 0 Å². The third kappa shape index (κ3) is 4.97. The molecular weight excluding hydrogens is 228 g/mol. The van der Waals surface area contributed by atoms with E-state index in [4.69, 9.17) is 9.47 Å². The maximum absolute atomic E-state index is 12.4. The summed E-state index contributed by atoms with van der Waals surface area (Å²) in [6, 6.07) is 0. The van der Waals surface area contributed by atoms with Gasteiger partial charge < -0.3 is 9.47 Å². The largest absolute Gasteiger partial charge is 0.438 e. The Bertz CT molecular complexity index is 270. The summed E-state index contributed by atoms with van der Waals surface area (Å²) in [5, 5.41) is 0. The van der Waals surface area contributed by atoms with Crippen LogP contribution in [-0.4, -0.2) is 19.4 Å². The van der Waals surface area contributed by atoms with E-state index in [1.54, 1.807) is 0 Å². The summed E-state index contributed by atoms with van der Waals surface area (Å²) in [6.45, 7) is 17.2. The molecule has 0 heterocycles. The molecule has 108 valence electrons. The number of ether oxygens (including phenoxy) is 2. The van der Waals surface area contributed by atoms with E-state index in [9.17, 15) is 4.79 Å². The summed E-state index contributed by atoms with van der Waals surface area (Å²) in [6.07, 6.45) is 0.786. The molecule has 0 aliphatic carbocycles. The van der Waals surface area contributed by atoms with Gasteiger partial charge in [0.15, 0.2) is 6.79 Å². The summed E-state index contributed by atoms with van der Waals surface area (Å²) in [4.78, 5) is 12.4. The summed E-state index contributed by atoms with van der Waals surface area (Å²) < 4.78 is 10.4. The van der Waals surface area contributed by atoms with Crippen LogP contribution in [-0.2, 0) is 14.3 Å². The molecule has 18 heavy (non-hydrogen) atoms. The Hall–Kier alpha value is -0.570. The first-order valence-corrected chi connectivity index (χ1v) is 6.69. The van der Waals surface area contributed by atoms with Crippen molar-refractivity contribution in [1.82, 2.24) is 0 Å². The van der Waals surface area contributed by atoms with Crippen LogP contribution in [0.4, 0.5) is 0 Å². The maximum Gasteiger partial charge on any atom is 0.314 e. The van der Waals surface area contributed by atoms with Gasteiger partial charge in [0.2, 0.25) is 0 Å². The Labute approximate surface area is 112 Å². The highest BCUT2D eigenvalue weighted by Gasteiger charge is 2.47. The molecule has 0 saturated carbocycles. The molecule has 0 radical (unpaired) electrons. The summed E-state index contributed by atoms with van der Waals surface area (Å²) in [7, 11) is 0. The van der Waals surface area contributed by atoms with Crippen molar-refractivity contribution in [1.29, 1.82) is 0 Å². The molecule has 0 aromatic carbocycles. The standard InChI is InChI=1S/C15H30O3/c1-9-17-11-18-12(16)15(8,14(5,6)7)10-13(2,3)4/h9-11H2,1-8H3. The van der Waals surface area contributed by atoms with Crippen molar-refractivity contribution in [3.8, 4) is 0 Å². The van der Waals surface area contributed by atoms with Crippen LogP contribution in [0.25, 0.3) is 0 Å².